The number of hydrogen-bond donors (Lipinski definition) is 1. The summed E-state index contributed by atoms with van der Waals surface area (Å²) >= 11 is 0.930. The van der Waals surface area contributed by atoms with Gasteiger partial charge >= 0.3 is 12.1 Å². The molecule has 1 N–H and O–H groups in total. The van der Waals surface area contributed by atoms with E-state index < -0.39 is 57.6 Å². The van der Waals surface area contributed by atoms with Gasteiger partial charge in [-0.25, -0.2) is 8.42 Å². The number of sulfone groups is 1. The van der Waals surface area contributed by atoms with E-state index in [4.69, 9.17) is 5.11 Å². The van der Waals surface area contributed by atoms with Crippen LogP contribution in [0.2, 0.25) is 0 Å². The van der Waals surface area contributed by atoms with Gasteiger partial charge in [0.15, 0.2) is 15.0 Å². The van der Waals surface area contributed by atoms with Crippen molar-refractivity contribution < 1.29 is 36.3 Å². The summed E-state index contributed by atoms with van der Waals surface area (Å²) in [7, 11) is -3.43. The molecule has 3 rings (SSSR count). The molecule has 2 saturated heterocycles. The molecular formula is C16H15F3N2O5S2. The van der Waals surface area contributed by atoms with Gasteiger partial charge in [-0.05, 0) is 12.1 Å². The number of amides is 1. The molecule has 28 heavy (non-hydrogen) atoms. The van der Waals surface area contributed by atoms with Crippen LogP contribution in [0.25, 0.3) is 0 Å². The third-order valence-electron chi connectivity index (χ3n) is 4.31. The van der Waals surface area contributed by atoms with Crippen LogP contribution in [0.4, 0.5) is 18.9 Å². The van der Waals surface area contributed by atoms with Gasteiger partial charge in [0.25, 0.3) is 0 Å². The summed E-state index contributed by atoms with van der Waals surface area (Å²) in [6.45, 7) is 0. The molecule has 12 heteroatoms. The Labute approximate surface area is 162 Å². The second kappa shape index (κ2) is 7.39. The van der Waals surface area contributed by atoms with Crippen LogP contribution >= 0.6 is 11.8 Å². The zero-order valence-electron chi connectivity index (χ0n) is 14.2. The minimum atomic E-state index is -4.69. The van der Waals surface area contributed by atoms with Crippen molar-refractivity contribution in [1.82, 2.24) is 0 Å². The van der Waals surface area contributed by atoms with Crippen molar-refractivity contribution in [3.8, 4) is 0 Å². The van der Waals surface area contributed by atoms with E-state index in [0.29, 0.717) is 0 Å². The number of amidine groups is 1. The number of aliphatic carboxylic acids is 1. The van der Waals surface area contributed by atoms with Crippen LogP contribution in [0.3, 0.4) is 0 Å². The number of halogens is 3. The second-order valence-corrected chi connectivity index (χ2v) is 9.73. The van der Waals surface area contributed by atoms with Crippen molar-refractivity contribution in [2.24, 2.45) is 4.99 Å². The van der Waals surface area contributed by atoms with Gasteiger partial charge in [-0.1, -0.05) is 23.9 Å². The van der Waals surface area contributed by atoms with Crippen molar-refractivity contribution in [1.29, 1.82) is 0 Å². The average Bonchev–Trinajstić information content (AvgIpc) is 3.03. The summed E-state index contributed by atoms with van der Waals surface area (Å²) in [6, 6.07) is 3.89. The van der Waals surface area contributed by atoms with Gasteiger partial charge in [0.2, 0.25) is 5.91 Å². The molecule has 0 bridgehead atoms. The number of carboxylic acids is 1. The van der Waals surface area contributed by atoms with Crippen LogP contribution in [-0.2, 0) is 25.6 Å². The molecule has 2 fully saturated rings. The first-order valence-corrected chi connectivity index (χ1v) is 10.8. The van der Waals surface area contributed by atoms with Crippen LogP contribution in [0.15, 0.2) is 29.3 Å². The predicted octanol–water partition coefficient (Wildman–Crippen LogP) is 2.17. The molecule has 2 heterocycles. The topological polar surface area (TPSA) is 104 Å². The van der Waals surface area contributed by atoms with E-state index in [1.807, 2.05) is 0 Å². The first-order chi connectivity index (χ1) is 13.0. The van der Waals surface area contributed by atoms with Crippen molar-refractivity contribution in [2.45, 2.75) is 30.3 Å². The lowest BCUT2D eigenvalue weighted by Gasteiger charge is -2.27. The monoisotopic (exact) mass is 436 g/mol. The molecule has 2 atom stereocenters. The highest BCUT2D eigenvalue weighted by Gasteiger charge is 2.51. The molecule has 1 amide bonds. The molecule has 0 aromatic heterocycles. The Morgan fingerprint density at radius 1 is 1.21 bits per heavy atom. The quantitative estimate of drug-likeness (QED) is 0.771. The number of anilines is 1. The van der Waals surface area contributed by atoms with Gasteiger partial charge < -0.3 is 10.0 Å². The molecule has 0 radical (unpaired) electrons. The number of thioether (sulfide) groups is 1. The SMILES string of the molecule is O=C(O)CCC(=O)N=C1S[C@@H]2CS(=O)(=O)C[C@@H]2N1c1ccccc1C(F)(F)F. The van der Waals surface area contributed by atoms with Crippen LogP contribution in [-0.4, -0.2) is 53.4 Å². The average molecular weight is 436 g/mol. The van der Waals surface area contributed by atoms with E-state index in [2.05, 4.69) is 4.99 Å². The van der Waals surface area contributed by atoms with E-state index in [9.17, 15) is 31.2 Å². The minimum Gasteiger partial charge on any atom is -0.481 e. The molecule has 7 nitrogen and oxygen atoms in total. The van der Waals surface area contributed by atoms with Gasteiger partial charge in [-0.15, -0.1) is 0 Å². The highest BCUT2D eigenvalue weighted by molar-refractivity contribution is 8.16. The Morgan fingerprint density at radius 2 is 1.89 bits per heavy atom. The van der Waals surface area contributed by atoms with E-state index in [1.54, 1.807) is 0 Å². The Bertz CT molecular complexity index is 946. The van der Waals surface area contributed by atoms with Crippen LogP contribution in [0.1, 0.15) is 18.4 Å². The maximum absolute atomic E-state index is 13.5. The number of nitrogens with zero attached hydrogens (tertiary/aromatic N) is 2. The van der Waals surface area contributed by atoms with Crippen LogP contribution < -0.4 is 4.90 Å². The van der Waals surface area contributed by atoms with E-state index in [-0.39, 0.29) is 22.4 Å². The Hall–Kier alpha value is -2.08. The third kappa shape index (κ3) is 4.32. The molecular weight excluding hydrogens is 421 g/mol. The fraction of sp³-hybridized carbons (Fsp3) is 0.438. The molecule has 0 aliphatic carbocycles. The number of para-hydroxylation sites is 1. The summed E-state index contributed by atoms with van der Waals surface area (Å²) in [4.78, 5) is 27.5. The van der Waals surface area contributed by atoms with Gasteiger partial charge in [0.1, 0.15) is 0 Å². The third-order valence-corrected chi connectivity index (χ3v) is 7.52. The maximum Gasteiger partial charge on any atom is 0.418 e. The molecule has 0 spiro atoms. The number of benzene rings is 1. The molecule has 1 aromatic carbocycles. The lowest BCUT2D eigenvalue weighted by atomic mass is 10.1. The molecule has 152 valence electrons. The Balaban J connectivity index is 2.03. The van der Waals surface area contributed by atoms with Crippen molar-refractivity contribution in [2.75, 3.05) is 16.4 Å². The predicted molar refractivity (Wildman–Crippen MR) is 97.1 cm³/mol. The van der Waals surface area contributed by atoms with Gasteiger partial charge in [0, 0.05) is 11.7 Å². The summed E-state index contributed by atoms with van der Waals surface area (Å²) in [5.74, 6) is -2.56. The number of carboxylic acid groups (broad SMARTS) is 1. The lowest BCUT2D eigenvalue weighted by Crippen LogP contribution is -2.39. The van der Waals surface area contributed by atoms with Crippen molar-refractivity contribution >= 4 is 44.3 Å². The number of alkyl halides is 3. The molecule has 0 unspecified atom stereocenters. The van der Waals surface area contributed by atoms with Gasteiger partial charge in [-0.2, -0.15) is 18.2 Å². The highest BCUT2D eigenvalue weighted by Crippen LogP contribution is 2.45. The fourth-order valence-corrected chi connectivity index (χ4v) is 7.07. The Morgan fingerprint density at radius 3 is 2.54 bits per heavy atom. The molecule has 2 aliphatic heterocycles. The van der Waals surface area contributed by atoms with Crippen LogP contribution in [0, 0.1) is 0 Å². The van der Waals surface area contributed by atoms with E-state index in [1.165, 1.54) is 18.2 Å². The van der Waals surface area contributed by atoms with Gasteiger partial charge in [0.05, 0.1) is 35.2 Å². The number of carbonyl (C=O) groups is 2. The second-order valence-electron chi connectivity index (χ2n) is 6.37. The number of hydrogen-bond acceptors (Lipinski definition) is 5. The fourth-order valence-electron chi connectivity index (χ4n) is 3.15. The molecule has 0 saturated carbocycles. The Kier molecular flexibility index (Phi) is 5.45. The van der Waals surface area contributed by atoms with E-state index in [0.717, 1.165) is 22.7 Å². The zero-order chi connectivity index (χ0) is 20.7. The number of rotatable bonds is 4. The highest BCUT2D eigenvalue weighted by atomic mass is 32.2. The van der Waals surface area contributed by atoms with Crippen molar-refractivity contribution in [3.63, 3.8) is 0 Å². The number of aliphatic imine (C=N–C) groups is 1. The molecule has 1 aromatic rings. The van der Waals surface area contributed by atoms with Crippen LogP contribution in [0.5, 0.6) is 0 Å². The van der Waals surface area contributed by atoms with Gasteiger partial charge in [-0.3, -0.25) is 9.59 Å². The summed E-state index contributed by atoms with van der Waals surface area (Å²) in [5, 5.41) is 8.06. The standard InChI is InChI=1S/C16H15F3N2O5S2/c17-16(18,19)9-3-1-2-4-10(9)21-11-7-28(25,26)8-12(11)27-15(21)20-13(22)5-6-14(23)24/h1-4,11-12H,5-8H2,(H,23,24)/t11-,12+/m0/s1. The molecule has 2 aliphatic rings. The first-order valence-electron chi connectivity index (χ1n) is 8.14. The first kappa shape index (κ1) is 20.6. The lowest BCUT2D eigenvalue weighted by molar-refractivity contribution is -0.138. The normalized spacial score (nSPS) is 25.1. The number of carbonyl (C=O) groups excluding carboxylic acids is 1. The number of fused-ring (bicyclic) bond motifs is 1. The largest absolute Gasteiger partial charge is 0.481 e. The summed E-state index contributed by atoms with van der Waals surface area (Å²) < 4.78 is 64.4. The van der Waals surface area contributed by atoms with Crippen molar-refractivity contribution in [3.05, 3.63) is 29.8 Å². The van der Waals surface area contributed by atoms with E-state index >= 15 is 0 Å². The minimum absolute atomic E-state index is 0.0445. The maximum atomic E-state index is 13.5. The summed E-state index contributed by atoms with van der Waals surface area (Å²) in [5.41, 5.74) is -1.25. The summed E-state index contributed by atoms with van der Waals surface area (Å²) in [6.07, 6.45) is -5.54. The smallest absolute Gasteiger partial charge is 0.418 e. The zero-order valence-corrected chi connectivity index (χ0v) is 15.9.